The first-order chi connectivity index (χ1) is 12.0. The second-order valence-corrected chi connectivity index (χ2v) is 7.29. The Balaban J connectivity index is 1.94. The largest absolute Gasteiger partial charge is 0.372 e. The van der Waals surface area contributed by atoms with E-state index in [4.69, 9.17) is 11.6 Å². The lowest BCUT2D eigenvalue weighted by Crippen LogP contribution is -2.30. The van der Waals surface area contributed by atoms with Gasteiger partial charge in [-0.15, -0.1) is 0 Å². The van der Waals surface area contributed by atoms with Gasteiger partial charge in [0.15, 0.2) is 0 Å². The van der Waals surface area contributed by atoms with Crippen LogP contribution in [0, 0.1) is 29.9 Å². The van der Waals surface area contributed by atoms with Gasteiger partial charge in [0.05, 0.1) is 11.0 Å². The van der Waals surface area contributed by atoms with Crippen LogP contribution in [0.5, 0.6) is 0 Å². The second kappa shape index (κ2) is 5.88. The molecule has 2 aromatic rings. The average Bonchev–Trinajstić information content (AvgIpc) is 3.07. The second-order valence-electron chi connectivity index (χ2n) is 6.88. The third-order valence-corrected chi connectivity index (χ3v) is 5.93. The maximum absolute atomic E-state index is 11.7. The van der Waals surface area contributed by atoms with Crippen LogP contribution in [0.15, 0.2) is 42.5 Å². The summed E-state index contributed by atoms with van der Waals surface area (Å²) in [5.41, 5.74) is 4.95. The molecule has 1 aliphatic carbocycles. The van der Waals surface area contributed by atoms with Crippen molar-refractivity contribution in [2.24, 2.45) is 5.92 Å². The lowest BCUT2D eigenvalue weighted by atomic mass is 9.74. The summed E-state index contributed by atoms with van der Waals surface area (Å²) in [4.78, 5) is 11.4. The Morgan fingerprint density at radius 2 is 2.04 bits per heavy atom. The molecule has 0 saturated carbocycles. The van der Waals surface area contributed by atoms with Crippen LogP contribution in [0.25, 0.3) is 0 Å². The zero-order valence-electron chi connectivity index (χ0n) is 14.1. The number of anilines is 1. The van der Waals surface area contributed by atoms with Crippen molar-refractivity contribution in [1.29, 1.82) is 0 Å². The molecule has 0 fully saturated rings. The minimum Gasteiger partial charge on any atom is -0.372 e. The van der Waals surface area contributed by atoms with Crippen LogP contribution in [-0.2, 0) is 0 Å². The van der Waals surface area contributed by atoms with E-state index in [0.29, 0.717) is 16.6 Å². The molecule has 0 bridgehead atoms. The first kappa shape index (κ1) is 16.2. The zero-order chi connectivity index (χ0) is 17.7. The Hall–Kier alpha value is -2.33. The van der Waals surface area contributed by atoms with Crippen LogP contribution in [0.4, 0.5) is 11.4 Å². The van der Waals surface area contributed by atoms with E-state index in [0.717, 1.165) is 28.7 Å². The van der Waals surface area contributed by atoms with Crippen molar-refractivity contribution >= 4 is 23.0 Å². The normalized spacial score (nSPS) is 23.7. The van der Waals surface area contributed by atoms with Crippen molar-refractivity contribution in [3.05, 3.63) is 79.9 Å². The Labute approximate surface area is 151 Å². The highest BCUT2D eigenvalue weighted by atomic mass is 35.5. The third-order valence-electron chi connectivity index (χ3n) is 5.59. The average molecular weight is 355 g/mol. The number of fused-ring (bicyclic) bond motifs is 3. The molecule has 25 heavy (non-hydrogen) atoms. The highest BCUT2D eigenvalue weighted by Crippen LogP contribution is 2.54. The minimum atomic E-state index is -0.291. The van der Waals surface area contributed by atoms with Crippen molar-refractivity contribution in [2.45, 2.75) is 32.2 Å². The number of rotatable bonds is 2. The number of nitro benzene ring substituents is 1. The summed E-state index contributed by atoms with van der Waals surface area (Å²) >= 11 is 6.44. The highest BCUT2D eigenvalue weighted by Gasteiger charge is 2.42. The molecule has 0 amide bonds. The number of halogens is 1. The SMILES string of the molecule is Cc1cc([N+](=O)[O-])c2c(c1C)[C@@H]1C=CC[C@@H]1[C@H](c1ccccc1Cl)N2. The zero-order valence-corrected chi connectivity index (χ0v) is 14.9. The highest BCUT2D eigenvalue weighted by molar-refractivity contribution is 6.31. The molecule has 1 heterocycles. The maximum Gasteiger partial charge on any atom is 0.292 e. The summed E-state index contributed by atoms with van der Waals surface area (Å²) in [6, 6.07) is 9.38. The molecule has 0 aromatic heterocycles. The summed E-state index contributed by atoms with van der Waals surface area (Å²) < 4.78 is 0. The van der Waals surface area contributed by atoms with Crippen molar-refractivity contribution in [1.82, 2.24) is 0 Å². The summed E-state index contributed by atoms with van der Waals surface area (Å²) in [5, 5.41) is 15.8. The van der Waals surface area contributed by atoms with E-state index in [1.807, 2.05) is 31.2 Å². The molecule has 2 aliphatic rings. The van der Waals surface area contributed by atoms with Crippen LogP contribution >= 0.6 is 11.6 Å². The first-order valence-electron chi connectivity index (χ1n) is 8.45. The van der Waals surface area contributed by atoms with Crippen LogP contribution < -0.4 is 5.32 Å². The topological polar surface area (TPSA) is 55.2 Å². The summed E-state index contributed by atoms with van der Waals surface area (Å²) in [5.74, 6) is 0.489. The molecule has 1 N–H and O–H groups in total. The van der Waals surface area contributed by atoms with Gasteiger partial charge in [-0.3, -0.25) is 10.1 Å². The number of nitrogens with zero attached hydrogens (tertiary/aromatic N) is 1. The van der Waals surface area contributed by atoms with E-state index in [1.54, 1.807) is 6.07 Å². The van der Waals surface area contributed by atoms with Crippen LogP contribution in [0.2, 0.25) is 5.02 Å². The monoisotopic (exact) mass is 354 g/mol. The molecule has 3 atom stereocenters. The van der Waals surface area contributed by atoms with Gasteiger partial charge >= 0.3 is 0 Å². The molecule has 128 valence electrons. The van der Waals surface area contributed by atoms with Gasteiger partial charge in [0.1, 0.15) is 5.69 Å². The van der Waals surface area contributed by atoms with Crippen LogP contribution in [0.3, 0.4) is 0 Å². The number of nitrogens with one attached hydrogen (secondary N) is 1. The minimum absolute atomic E-state index is 0.0398. The summed E-state index contributed by atoms with van der Waals surface area (Å²) in [6.07, 6.45) is 5.32. The number of hydrogen-bond donors (Lipinski definition) is 1. The van der Waals surface area contributed by atoms with Crippen molar-refractivity contribution in [3.8, 4) is 0 Å². The standard InChI is InChI=1S/C20H19ClN2O2/c1-11-10-17(23(24)25)20-18(12(11)2)13-7-5-8-14(13)19(22-20)15-6-3-4-9-16(15)21/h3-7,9-10,13-14,19,22H,8H2,1-2H3/t13-,14+,19-/m1/s1. The van der Waals surface area contributed by atoms with E-state index in [-0.39, 0.29) is 22.6 Å². The van der Waals surface area contributed by atoms with Gasteiger partial charge in [-0.25, -0.2) is 0 Å². The molecular weight excluding hydrogens is 336 g/mol. The lowest BCUT2D eigenvalue weighted by molar-refractivity contribution is -0.384. The molecule has 0 unspecified atom stereocenters. The van der Waals surface area contributed by atoms with E-state index < -0.39 is 0 Å². The Morgan fingerprint density at radius 1 is 1.28 bits per heavy atom. The number of allylic oxidation sites excluding steroid dienone is 2. The molecule has 0 radical (unpaired) electrons. The molecular formula is C20H19ClN2O2. The molecule has 0 spiro atoms. The Bertz CT molecular complexity index is 907. The quantitative estimate of drug-likeness (QED) is 0.428. The van der Waals surface area contributed by atoms with Crippen LogP contribution in [-0.4, -0.2) is 4.92 Å². The number of hydrogen-bond acceptors (Lipinski definition) is 3. The molecule has 4 rings (SSSR count). The van der Waals surface area contributed by atoms with Crippen LogP contribution in [0.1, 0.15) is 40.6 Å². The van der Waals surface area contributed by atoms with Gasteiger partial charge < -0.3 is 5.32 Å². The molecule has 0 saturated heterocycles. The lowest BCUT2D eigenvalue weighted by Gasteiger charge is -2.38. The molecule has 5 heteroatoms. The molecule has 4 nitrogen and oxygen atoms in total. The van der Waals surface area contributed by atoms with E-state index in [2.05, 4.69) is 24.4 Å². The predicted molar refractivity (Wildman–Crippen MR) is 100 cm³/mol. The third kappa shape index (κ3) is 2.44. The van der Waals surface area contributed by atoms with Gasteiger partial charge in [0.2, 0.25) is 0 Å². The Morgan fingerprint density at radius 3 is 2.76 bits per heavy atom. The molecule has 2 aromatic carbocycles. The van der Waals surface area contributed by atoms with E-state index in [1.165, 1.54) is 0 Å². The summed E-state index contributed by atoms with van der Waals surface area (Å²) in [6.45, 7) is 4.00. The van der Waals surface area contributed by atoms with E-state index >= 15 is 0 Å². The number of nitro groups is 1. The number of aryl methyl sites for hydroxylation is 1. The smallest absolute Gasteiger partial charge is 0.292 e. The fraction of sp³-hybridized carbons (Fsp3) is 0.300. The van der Waals surface area contributed by atoms with Gasteiger partial charge in [-0.05, 0) is 54.5 Å². The summed E-state index contributed by atoms with van der Waals surface area (Å²) in [7, 11) is 0. The molecule has 1 aliphatic heterocycles. The predicted octanol–water partition coefficient (Wildman–Crippen LogP) is 5.69. The van der Waals surface area contributed by atoms with Crippen molar-refractivity contribution in [3.63, 3.8) is 0 Å². The van der Waals surface area contributed by atoms with Gasteiger partial charge in [-0.1, -0.05) is 42.0 Å². The fourth-order valence-electron chi connectivity index (χ4n) is 4.26. The Kier molecular flexibility index (Phi) is 3.80. The maximum atomic E-state index is 11.7. The first-order valence-corrected chi connectivity index (χ1v) is 8.83. The van der Waals surface area contributed by atoms with E-state index in [9.17, 15) is 10.1 Å². The van der Waals surface area contributed by atoms with Gasteiger partial charge in [0.25, 0.3) is 5.69 Å². The number of benzene rings is 2. The van der Waals surface area contributed by atoms with Crippen molar-refractivity contribution in [2.75, 3.05) is 5.32 Å². The fourth-order valence-corrected chi connectivity index (χ4v) is 4.51. The van der Waals surface area contributed by atoms with Gasteiger partial charge in [-0.2, -0.15) is 0 Å². The van der Waals surface area contributed by atoms with Gasteiger partial charge in [0, 0.05) is 17.0 Å². The van der Waals surface area contributed by atoms with Crippen molar-refractivity contribution < 1.29 is 4.92 Å².